The van der Waals surface area contributed by atoms with Gasteiger partial charge in [-0.25, -0.2) is 4.98 Å². The summed E-state index contributed by atoms with van der Waals surface area (Å²) in [4.78, 5) is 15.7. The Labute approximate surface area is 118 Å². The molecule has 1 amide bonds. The highest BCUT2D eigenvalue weighted by molar-refractivity contribution is 6.33. The number of pyridine rings is 1. The van der Waals surface area contributed by atoms with Crippen molar-refractivity contribution in [2.45, 2.75) is 32.8 Å². The summed E-state index contributed by atoms with van der Waals surface area (Å²) in [5.41, 5.74) is 5.88. The second kappa shape index (κ2) is 7.96. The lowest BCUT2D eigenvalue weighted by Gasteiger charge is -2.08. The zero-order valence-electron chi connectivity index (χ0n) is 11.3. The maximum atomic E-state index is 11.8. The summed E-state index contributed by atoms with van der Waals surface area (Å²) in [6, 6.07) is 1.47. The highest BCUT2D eigenvalue weighted by Gasteiger charge is 2.10. The van der Waals surface area contributed by atoms with E-state index in [0.717, 1.165) is 12.8 Å². The predicted molar refractivity (Wildman–Crippen MR) is 76.3 cm³/mol. The van der Waals surface area contributed by atoms with Gasteiger partial charge in [-0.15, -0.1) is 0 Å². The van der Waals surface area contributed by atoms with Crippen LogP contribution in [0.1, 0.15) is 37.0 Å². The smallest absolute Gasteiger partial charge is 0.252 e. The first-order chi connectivity index (χ1) is 9.00. The summed E-state index contributed by atoms with van der Waals surface area (Å²) in [6.07, 6.45) is 3.39. The van der Waals surface area contributed by atoms with Crippen molar-refractivity contribution in [1.82, 2.24) is 10.3 Å². The fourth-order valence-electron chi connectivity index (χ4n) is 1.47. The van der Waals surface area contributed by atoms with Crippen LogP contribution < -0.4 is 11.1 Å². The van der Waals surface area contributed by atoms with E-state index in [1.165, 1.54) is 12.3 Å². The summed E-state index contributed by atoms with van der Waals surface area (Å²) in [7, 11) is 0. The third-order valence-corrected chi connectivity index (χ3v) is 2.73. The number of nitrogen functional groups attached to an aromatic ring is 1. The lowest BCUT2D eigenvalue weighted by Crippen LogP contribution is -2.25. The van der Waals surface area contributed by atoms with Crippen LogP contribution in [0, 0.1) is 0 Å². The summed E-state index contributed by atoms with van der Waals surface area (Å²) >= 11 is 5.89. The summed E-state index contributed by atoms with van der Waals surface area (Å²) in [5, 5.41) is 3.09. The lowest BCUT2D eigenvalue weighted by molar-refractivity contribution is 0.0754. The van der Waals surface area contributed by atoms with Gasteiger partial charge in [0.05, 0.1) is 16.7 Å². The first kappa shape index (κ1) is 15.7. The number of aromatic nitrogens is 1. The highest BCUT2D eigenvalue weighted by Crippen LogP contribution is 2.16. The molecule has 0 aliphatic carbocycles. The number of hydrogen-bond donors (Lipinski definition) is 2. The van der Waals surface area contributed by atoms with Gasteiger partial charge in [0, 0.05) is 19.3 Å². The number of unbranched alkanes of at least 4 members (excludes halogenated alkanes) is 1. The molecule has 0 bridgehead atoms. The number of anilines is 1. The molecule has 106 valence electrons. The molecule has 0 saturated heterocycles. The average Bonchev–Trinajstić information content (AvgIpc) is 2.36. The first-order valence-corrected chi connectivity index (χ1v) is 6.69. The molecule has 0 radical (unpaired) electrons. The molecule has 0 atom stereocenters. The van der Waals surface area contributed by atoms with E-state index >= 15 is 0 Å². The molecule has 0 aromatic carbocycles. The van der Waals surface area contributed by atoms with Gasteiger partial charge >= 0.3 is 0 Å². The number of nitrogens with zero attached hydrogens (tertiary/aromatic N) is 1. The molecule has 1 aromatic rings. The fourth-order valence-corrected chi connectivity index (χ4v) is 1.66. The molecule has 5 nitrogen and oxygen atoms in total. The second-order valence-electron chi connectivity index (χ2n) is 4.47. The number of halogens is 1. The number of nitrogens with two attached hydrogens (primary N) is 1. The fraction of sp³-hybridized carbons (Fsp3) is 0.538. The first-order valence-electron chi connectivity index (χ1n) is 6.31. The largest absolute Gasteiger partial charge is 0.384 e. The third kappa shape index (κ3) is 5.89. The van der Waals surface area contributed by atoms with Crippen LogP contribution in [0.3, 0.4) is 0 Å². The van der Waals surface area contributed by atoms with Crippen molar-refractivity contribution in [3.05, 3.63) is 22.8 Å². The Morgan fingerprint density at radius 2 is 2.26 bits per heavy atom. The van der Waals surface area contributed by atoms with Crippen LogP contribution in [0.15, 0.2) is 12.3 Å². The van der Waals surface area contributed by atoms with E-state index in [0.29, 0.717) is 23.7 Å². The Bertz CT molecular complexity index is 424. The Kier molecular flexibility index (Phi) is 6.59. The second-order valence-corrected chi connectivity index (χ2v) is 4.88. The summed E-state index contributed by atoms with van der Waals surface area (Å²) in [5.74, 6) is 0.0451. The maximum absolute atomic E-state index is 11.8. The third-order valence-electron chi connectivity index (χ3n) is 2.43. The molecule has 0 aliphatic heterocycles. The molecular weight excluding hydrogens is 266 g/mol. The van der Waals surface area contributed by atoms with Gasteiger partial charge < -0.3 is 15.8 Å². The van der Waals surface area contributed by atoms with Gasteiger partial charge in [-0.2, -0.15) is 0 Å². The molecule has 0 fully saturated rings. The maximum Gasteiger partial charge on any atom is 0.252 e. The van der Waals surface area contributed by atoms with Gasteiger partial charge in [-0.3, -0.25) is 4.79 Å². The van der Waals surface area contributed by atoms with Crippen molar-refractivity contribution in [3.63, 3.8) is 0 Å². The van der Waals surface area contributed by atoms with Crippen LogP contribution in [0.5, 0.6) is 0 Å². The normalized spacial score (nSPS) is 10.7. The number of carbonyl (C=O) groups is 1. The Morgan fingerprint density at radius 1 is 1.53 bits per heavy atom. The molecule has 0 spiro atoms. The van der Waals surface area contributed by atoms with Crippen LogP contribution in [-0.2, 0) is 4.74 Å². The zero-order chi connectivity index (χ0) is 14.3. The van der Waals surface area contributed by atoms with Gasteiger partial charge in [0.1, 0.15) is 5.82 Å². The van der Waals surface area contributed by atoms with Crippen molar-refractivity contribution in [3.8, 4) is 0 Å². The van der Waals surface area contributed by atoms with Crippen molar-refractivity contribution in [2.75, 3.05) is 18.9 Å². The molecule has 3 N–H and O–H groups in total. The van der Waals surface area contributed by atoms with Gasteiger partial charge in [0.2, 0.25) is 0 Å². The Balaban J connectivity index is 2.29. The topological polar surface area (TPSA) is 77.2 Å². The number of carbonyl (C=O) groups excluding carboxylic acids is 1. The number of nitrogens with one attached hydrogen (secondary N) is 1. The minimum atomic E-state index is -0.233. The molecular formula is C13H20ClN3O2. The van der Waals surface area contributed by atoms with Crippen LogP contribution in [0.4, 0.5) is 5.82 Å². The van der Waals surface area contributed by atoms with E-state index in [1.54, 1.807) is 0 Å². The minimum Gasteiger partial charge on any atom is -0.384 e. The minimum absolute atomic E-state index is 0.233. The molecule has 0 aliphatic rings. The van der Waals surface area contributed by atoms with E-state index in [4.69, 9.17) is 22.1 Å². The van der Waals surface area contributed by atoms with E-state index in [9.17, 15) is 4.79 Å². The van der Waals surface area contributed by atoms with E-state index in [-0.39, 0.29) is 17.8 Å². The van der Waals surface area contributed by atoms with Crippen LogP contribution in [0.2, 0.25) is 5.02 Å². The zero-order valence-corrected chi connectivity index (χ0v) is 12.0. The molecule has 0 unspecified atom stereocenters. The molecule has 19 heavy (non-hydrogen) atoms. The summed E-state index contributed by atoms with van der Waals surface area (Å²) < 4.78 is 5.41. The van der Waals surface area contributed by atoms with E-state index in [2.05, 4.69) is 10.3 Å². The highest BCUT2D eigenvalue weighted by atomic mass is 35.5. The summed E-state index contributed by atoms with van der Waals surface area (Å²) in [6.45, 7) is 5.28. The SMILES string of the molecule is CC(C)OCCCCNC(=O)c1cc(N)ncc1Cl. The van der Waals surface area contributed by atoms with Gasteiger partial charge in [-0.05, 0) is 32.8 Å². The number of amides is 1. The van der Waals surface area contributed by atoms with Gasteiger partial charge in [-0.1, -0.05) is 11.6 Å². The quantitative estimate of drug-likeness (QED) is 0.753. The lowest BCUT2D eigenvalue weighted by atomic mass is 10.2. The molecule has 6 heteroatoms. The van der Waals surface area contributed by atoms with E-state index < -0.39 is 0 Å². The molecule has 1 aromatic heterocycles. The number of ether oxygens (including phenoxy) is 1. The number of rotatable bonds is 7. The van der Waals surface area contributed by atoms with Gasteiger partial charge in [0.15, 0.2) is 0 Å². The molecule has 0 saturated carbocycles. The van der Waals surface area contributed by atoms with Crippen molar-refractivity contribution in [1.29, 1.82) is 0 Å². The van der Waals surface area contributed by atoms with Crippen molar-refractivity contribution >= 4 is 23.3 Å². The number of hydrogen-bond acceptors (Lipinski definition) is 4. The van der Waals surface area contributed by atoms with Gasteiger partial charge in [0.25, 0.3) is 5.91 Å². The molecule has 1 heterocycles. The van der Waals surface area contributed by atoms with E-state index in [1.807, 2.05) is 13.8 Å². The van der Waals surface area contributed by atoms with Crippen molar-refractivity contribution < 1.29 is 9.53 Å². The average molecular weight is 286 g/mol. The Hall–Kier alpha value is -1.33. The van der Waals surface area contributed by atoms with Crippen LogP contribution in [-0.4, -0.2) is 30.1 Å². The monoisotopic (exact) mass is 285 g/mol. The van der Waals surface area contributed by atoms with Crippen LogP contribution in [0.25, 0.3) is 0 Å². The van der Waals surface area contributed by atoms with Crippen LogP contribution >= 0.6 is 11.6 Å². The Morgan fingerprint density at radius 3 is 2.95 bits per heavy atom. The van der Waals surface area contributed by atoms with Crippen molar-refractivity contribution in [2.24, 2.45) is 0 Å². The standard InChI is InChI=1S/C13H20ClN3O2/c1-9(2)19-6-4-3-5-16-13(18)10-7-12(15)17-8-11(10)14/h7-9H,3-6H2,1-2H3,(H2,15,17)(H,16,18). The predicted octanol–water partition coefficient (Wildman–Crippen LogP) is 2.25. The molecule has 1 rings (SSSR count).